The van der Waals surface area contributed by atoms with E-state index >= 15 is 0 Å². The summed E-state index contributed by atoms with van der Waals surface area (Å²) in [6.45, 7) is 0. The van der Waals surface area contributed by atoms with Crippen LogP contribution < -0.4 is 16.0 Å². The number of hydrogen-bond acceptors (Lipinski definition) is 6. The van der Waals surface area contributed by atoms with Crippen molar-refractivity contribution in [3.8, 4) is 11.6 Å². The van der Waals surface area contributed by atoms with Gasteiger partial charge in [0.25, 0.3) is 0 Å². The zero-order valence-electron chi connectivity index (χ0n) is 9.93. The van der Waals surface area contributed by atoms with E-state index in [2.05, 4.69) is 31.3 Å². The van der Waals surface area contributed by atoms with Gasteiger partial charge in [-0.1, -0.05) is 27.5 Å². The lowest BCUT2D eigenvalue weighted by atomic mass is 10.3. The number of rotatable bonds is 3. The maximum atomic E-state index is 6.12. The van der Waals surface area contributed by atoms with Crippen LogP contribution in [0.1, 0.15) is 0 Å². The van der Waals surface area contributed by atoms with E-state index in [1.54, 1.807) is 12.1 Å². The van der Waals surface area contributed by atoms with Gasteiger partial charge in [0.05, 0.1) is 10.4 Å². The minimum Gasteiger partial charge on any atom is -0.437 e. The van der Waals surface area contributed by atoms with Crippen LogP contribution in [-0.2, 0) is 0 Å². The molecular formula is C12H8BrClN4OS. The van der Waals surface area contributed by atoms with E-state index in [1.807, 2.05) is 17.5 Å². The summed E-state index contributed by atoms with van der Waals surface area (Å²) in [6.07, 6.45) is 0. The normalized spacial score (nSPS) is 10.8. The largest absolute Gasteiger partial charge is 0.437 e. The van der Waals surface area contributed by atoms with Crippen molar-refractivity contribution in [3.63, 3.8) is 0 Å². The third-order valence-electron chi connectivity index (χ3n) is 2.52. The molecular weight excluding hydrogens is 364 g/mol. The highest BCUT2D eigenvalue weighted by molar-refractivity contribution is 9.10. The molecule has 5 nitrogen and oxygen atoms in total. The molecule has 0 amide bonds. The maximum absolute atomic E-state index is 6.12. The molecule has 0 aliphatic rings. The predicted molar refractivity (Wildman–Crippen MR) is 84.5 cm³/mol. The van der Waals surface area contributed by atoms with Crippen molar-refractivity contribution in [2.45, 2.75) is 0 Å². The number of nitrogen functional groups attached to an aromatic ring is 1. The fourth-order valence-electron chi connectivity index (χ4n) is 1.63. The van der Waals surface area contributed by atoms with E-state index in [4.69, 9.17) is 22.2 Å². The second kappa shape index (κ2) is 5.53. The predicted octanol–water partition coefficient (Wildman–Crippen LogP) is 4.19. The van der Waals surface area contributed by atoms with Crippen LogP contribution in [0.3, 0.4) is 0 Å². The number of hydrogen-bond donors (Lipinski definition) is 2. The van der Waals surface area contributed by atoms with Crippen LogP contribution in [0.5, 0.6) is 11.6 Å². The standard InChI is InChI=1S/C12H8BrClN4OS/c13-6-1-2-8(14)9(5-6)19-10-7-3-4-20-11(7)17-12(16-10)18-15/h1-5H,15H2,(H,16,17,18). The highest BCUT2D eigenvalue weighted by Crippen LogP contribution is 2.35. The number of aromatic nitrogens is 2. The number of halogens is 2. The lowest BCUT2D eigenvalue weighted by Gasteiger charge is -2.09. The van der Waals surface area contributed by atoms with Gasteiger partial charge < -0.3 is 4.74 Å². The van der Waals surface area contributed by atoms with Gasteiger partial charge >= 0.3 is 0 Å². The molecule has 0 saturated heterocycles. The highest BCUT2D eigenvalue weighted by Gasteiger charge is 2.12. The highest BCUT2D eigenvalue weighted by atomic mass is 79.9. The van der Waals surface area contributed by atoms with E-state index < -0.39 is 0 Å². The molecule has 0 fully saturated rings. The number of anilines is 1. The van der Waals surface area contributed by atoms with E-state index in [1.165, 1.54) is 11.3 Å². The van der Waals surface area contributed by atoms with Crippen molar-refractivity contribution in [3.05, 3.63) is 39.1 Å². The molecule has 0 radical (unpaired) electrons. The molecule has 3 rings (SSSR count). The summed E-state index contributed by atoms with van der Waals surface area (Å²) in [6, 6.07) is 7.25. The Morgan fingerprint density at radius 3 is 2.95 bits per heavy atom. The van der Waals surface area contributed by atoms with Crippen LogP contribution in [0.2, 0.25) is 5.02 Å². The summed E-state index contributed by atoms with van der Waals surface area (Å²) in [5.74, 6) is 6.58. The van der Waals surface area contributed by atoms with Gasteiger partial charge in [-0.2, -0.15) is 4.98 Å². The Kier molecular flexibility index (Phi) is 3.75. The van der Waals surface area contributed by atoms with Gasteiger partial charge in [-0.15, -0.1) is 11.3 Å². The molecule has 8 heteroatoms. The summed E-state index contributed by atoms with van der Waals surface area (Å²) in [5.41, 5.74) is 2.42. The van der Waals surface area contributed by atoms with Crippen LogP contribution in [0.15, 0.2) is 34.1 Å². The third-order valence-corrected chi connectivity index (χ3v) is 4.13. The van der Waals surface area contributed by atoms with Gasteiger partial charge in [0.2, 0.25) is 11.8 Å². The smallest absolute Gasteiger partial charge is 0.241 e. The molecule has 3 N–H and O–H groups in total. The minimum atomic E-state index is 0.293. The summed E-state index contributed by atoms with van der Waals surface area (Å²) in [4.78, 5) is 9.25. The Bertz CT molecular complexity index is 779. The molecule has 1 aromatic carbocycles. The number of benzene rings is 1. The average Bonchev–Trinajstić information content (AvgIpc) is 2.91. The Morgan fingerprint density at radius 1 is 1.30 bits per heavy atom. The van der Waals surface area contributed by atoms with Crippen LogP contribution >= 0.6 is 38.9 Å². The first-order valence-corrected chi connectivity index (χ1v) is 7.57. The van der Waals surface area contributed by atoms with E-state index in [0.29, 0.717) is 22.6 Å². The molecule has 0 atom stereocenters. The lowest BCUT2D eigenvalue weighted by Crippen LogP contribution is -2.10. The van der Waals surface area contributed by atoms with Gasteiger partial charge in [0.15, 0.2) is 0 Å². The second-order valence-electron chi connectivity index (χ2n) is 3.81. The number of hydrazine groups is 1. The van der Waals surface area contributed by atoms with Crippen molar-refractivity contribution in [2.24, 2.45) is 5.84 Å². The summed E-state index contributed by atoms with van der Waals surface area (Å²) in [5, 5.41) is 3.22. The van der Waals surface area contributed by atoms with Crippen molar-refractivity contribution in [1.82, 2.24) is 9.97 Å². The average molecular weight is 372 g/mol. The Hall–Kier alpha value is -1.41. The number of ether oxygens (including phenoxy) is 1. The number of fused-ring (bicyclic) bond motifs is 1. The van der Waals surface area contributed by atoms with Crippen molar-refractivity contribution >= 4 is 55.0 Å². The topological polar surface area (TPSA) is 73.1 Å². The SMILES string of the molecule is NNc1nc(Oc2cc(Br)ccc2Cl)c2ccsc2n1. The van der Waals surface area contributed by atoms with E-state index in [9.17, 15) is 0 Å². The number of nitrogens with zero attached hydrogens (tertiary/aromatic N) is 2. The Morgan fingerprint density at radius 2 is 2.15 bits per heavy atom. The molecule has 0 saturated carbocycles. The van der Waals surface area contributed by atoms with Gasteiger partial charge in [0, 0.05) is 4.47 Å². The fourth-order valence-corrected chi connectivity index (χ4v) is 2.88. The number of nitrogens with two attached hydrogens (primary N) is 1. The van der Waals surface area contributed by atoms with Crippen LogP contribution in [-0.4, -0.2) is 9.97 Å². The second-order valence-corrected chi connectivity index (χ2v) is 6.03. The van der Waals surface area contributed by atoms with E-state index in [0.717, 1.165) is 14.7 Å². The summed E-state index contributed by atoms with van der Waals surface area (Å²) < 4.78 is 6.67. The Balaban J connectivity index is 2.09. The van der Waals surface area contributed by atoms with Crippen molar-refractivity contribution < 1.29 is 4.74 Å². The van der Waals surface area contributed by atoms with Gasteiger partial charge in [0.1, 0.15) is 10.6 Å². The minimum absolute atomic E-state index is 0.293. The monoisotopic (exact) mass is 370 g/mol. The molecule has 102 valence electrons. The first-order chi connectivity index (χ1) is 9.67. The molecule has 0 bridgehead atoms. The van der Waals surface area contributed by atoms with E-state index in [-0.39, 0.29) is 0 Å². The summed E-state index contributed by atoms with van der Waals surface area (Å²) >= 11 is 11.0. The zero-order chi connectivity index (χ0) is 14.1. The molecule has 0 spiro atoms. The lowest BCUT2D eigenvalue weighted by molar-refractivity contribution is 0.469. The van der Waals surface area contributed by atoms with Crippen molar-refractivity contribution in [1.29, 1.82) is 0 Å². The first kappa shape index (κ1) is 13.6. The Labute approximate surface area is 131 Å². The molecule has 3 aromatic rings. The first-order valence-electron chi connectivity index (χ1n) is 5.52. The molecule has 2 heterocycles. The number of nitrogens with one attached hydrogen (secondary N) is 1. The van der Waals surface area contributed by atoms with Crippen molar-refractivity contribution in [2.75, 3.05) is 5.43 Å². The number of thiophene rings is 1. The van der Waals surface area contributed by atoms with Gasteiger partial charge in [-0.05, 0) is 29.6 Å². The molecule has 2 aromatic heterocycles. The van der Waals surface area contributed by atoms with Gasteiger partial charge in [-0.3, -0.25) is 5.43 Å². The molecule has 0 aliphatic heterocycles. The molecule has 0 unspecified atom stereocenters. The van der Waals surface area contributed by atoms with Gasteiger partial charge in [-0.25, -0.2) is 10.8 Å². The zero-order valence-corrected chi connectivity index (χ0v) is 13.1. The van der Waals surface area contributed by atoms with Crippen LogP contribution in [0.4, 0.5) is 5.95 Å². The van der Waals surface area contributed by atoms with Crippen LogP contribution in [0.25, 0.3) is 10.2 Å². The third kappa shape index (κ3) is 2.57. The molecule has 20 heavy (non-hydrogen) atoms. The fraction of sp³-hybridized carbons (Fsp3) is 0. The van der Waals surface area contributed by atoms with Crippen LogP contribution in [0, 0.1) is 0 Å². The maximum Gasteiger partial charge on any atom is 0.241 e. The quantitative estimate of drug-likeness (QED) is 0.533. The summed E-state index contributed by atoms with van der Waals surface area (Å²) in [7, 11) is 0. The molecule has 0 aliphatic carbocycles.